The lowest BCUT2D eigenvalue weighted by molar-refractivity contribution is -0.141. The van der Waals surface area contributed by atoms with Crippen molar-refractivity contribution in [2.24, 2.45) is 0 Å². The second-order valence-corrected chi connectivity index (χ2v) is 5.18. The van der Waals surface area contributed by atoms with Crippen molar-refractivity contribution in [2.45, 2.75) is 25.2 Å². The van der Waals surface area contributed by atoms with Gasteiger partial charge in [-0.05, 0) is 17.7 Å². The first kappa shape index (κ1) is 14.5. The van der Waals surface area contributed by atoms with Gasteiger partial charge in [0, 0.05) is 30.3 Å². The molecule has 0 radical (unpaired) electrons. The molecule has 1 aromatic rings. The molecule has 1 saturated heterocycles. The summed E-state index contributed by atoms with van der Waals surface area (Å²) >= 11 is 5.80. The molecule has 20 heavy (non-hydrogen) atoms. The number of likely N-dealkylation sites (tertiary alicyclic amines) is 1. The number of halogens is 1. The normalized spacial score (nSPS) is 16.6. The Hall–Kier alpha value is -1.88. The molecule has 0 spiro atoms. The molecule has 1 heterocycles. The second-order valence-electron chi connectivity index (χ2n) is 4.74. The van der Waals surface area contributed by atoms with Crippen LogP contribution in [0.2, 0.25) is 5.02 Å². The monoisotopic (exact) mass is 295 g/mol. The van der Waals surface area contributed by atoms with Gasteiger partial charge in [0.05, 0.1) is 6.42 Å². The molecule has 0 saturated carbocycles. The van der Waals surface area contributed by atoms with E-state index in [1.54, 1.807) is 24.3 Å². The van der Waals surface area contributed by atoms with Gasteiger partial charge >= 0.3 is 5.97 Å². The minimum absolute atomic E-state index is 0.103. The Morgan fingerprint density at radius 2 is 1.75 bits per heavy atom. The smallest absolute Gasteiger partial charge is 0.304 e. The number of carbonyl (C=O) groups is 3. The highest BCUT2D eigenvalue weighted by molar-refractivity contribution is 6.30. The average Bonchev–Trinajstić information content (AvgIpc) is 2.70. The van der Waals surface area contributed by atoms with Crippen LogP contribution in [0.1, 0.15) is 30.7 Å². The van der Waals surface area contributed by atoms with E-state index in [0.717, 1.165) is 10.5 Å². The van der Waals surface area contributed by atoms with Crippen LogP contribution in [0.15, 0.2) is 24.3 Å². The van der Waals surface area contributed by atoms with Crippen LogP contribution in [-0.2, 0) is 14.4 Å². The summed E-state index contributed by atoms with van der Waals surface area (Å²) in [6, 6.07) is 6.78. The van der Waals surface area contributed by atoms with E-state index in [-0.39, 0.29) is 37.6 Å². The predicted molar refractivity (Wildman–Crippen MR) is 72.4 cm³/mol. The first-order valence-corrected chi connectivity index (χ1v) is 6.65. The molecule has 0 aliphatic carbocycles. The maximum absolute atomic E-state index is 11.6. The van der Waals surface area contributed by atoms with Gasteiger partial charge in [-0.1, -0.05) is 23.7 Å². The summed E-state index contributed by atoms with van der Waals surface area (Å²) in [6.07, 6.45) is 0.275. The quantitative estimate of drug-likeness (QED) is 0.844. The summed E-state index contributed by atoms with van der Waals surface area (Å²) in [4.78, 5) is 35.4. The van der Waals surface area contributed by atoms with Crippen molar-refractivity contribution in [3.63, 3.8) is 0 Å². The molecule has 0 bridgehead atoms. The fourth-order valence-electron chi connectivity index (χ4n) is 2.28. The third kappa shape index (κ3) is 3.36. The van der Waals surface area contributed by atoms with Gasteiger partial charge in [-0.15, -0.1) is 0 Å². The molecule has 1 fully saturated rings. The fourth-order valence-corrected chi connectivity index (χ4v) is 2.41. The van der Waals surface area contributed by atoms with Crippen molar-refractivity contribution < 1.29 is 19.5 Å². The highest BCUT2D eigenvalue weighted by Gasteiger charge is 2.31. The molecule has 2 amide bonds. The molecule has 1 aromatic carbocycles. The number of carbonyl (C=O) groups excluding carboxylic acids is 2. The third-order valence-corrected chi connectivity index (χ3v) is 3.57. The van der Waals surface area contributed by atoms with E-state index < -0.39 is 11.9 Å². The van der Waals surface area contributed by atoms with Gasteiger partial charge in [-0.2, -0.15) is 0 Å². The number of aliphatic carboxylic acids is 1. The van der Waals surface area contributed by atoms with E-state index in [1.807, 2.05) is 0 Å². The lowest BCUT2D eigenvalue weighted by Gasteiger charge is -2.21. The van der Waals surface area contributed by atoms with Crippen LogP contribution in [0.5, 0.6) is 0 Å². The molecule has 106 valence electrons. The van der Waals surface area contributed by atoms with Crippen LogP contribution in [0, 0.1) is 0 Å². The van der Waals surface area contributed by atoms with E-state index in [9.17, 15) is 14.4 Å². The zero-order valence-corrected chi connectivity index (χ0v) is 11.5. The molecule has 1 N–H and O–H groups in total. The molecule has 1 atom stereocenters. The summed E-state index contributed by atoms with van der Waals surface area (Å²) < 4.78 is 0. The number of amides is 2. The van der Waals surface area contributed by atoms with Crippen molar-refractivity contribution in [1.29, 1.82) is 0 Å². The largest absolute Gasteiger partial charge is 0.481 e. The molecular weight excluding hydrogens is 282 g/mol. The van der Waals surface area contributed by atoms with Crippen molar-refractivity contribution in [3.8, 4) is 0 Å². The highest BCUT2D eigenvalue weighted by Crippen LogP contribution is 2.25. The predicted octanol–water partition coefficient (Wildman–Crippen LogP) is 2.05. The van der Waals surface area contributed by atoms with Crippen LogP contribution in [-0.4, -0.2) is 34.3 Å². The number of nitrogens with zero attached hydrogens (tertiary/aromatic N) is 1. The molecule has 5 nitrogen and oxygen atoms in total. The summed E-state index contributed by atoms with van der Waals surface area (Å²) in [5, 5.41) is 9.54. The van der Waals surface area contributed by atoms with Gasteiger partial charge in [0.15, 0.2) is 0 Å². The van der Waals surface area contributed by atoms with Crippen LogP contribution in [0.25, 0.3) is 0 Å². The summed E-state index contributed by atoms with van der Waals surface area (Å²) in [5.74, 6) is -1.86. The van der Waals surface area contributed by atoms with Crippen LogP contribution in [0.3, 0.4) is 0 Å². The number of imide groups is 1. The zero-order valence-electron chi connectivity index (χ0n) is 10.7. The minimum Gasteiger partial charge on any atom is -0.481 e. The lowest BCUT2D eigenvalue weighted by atomic mass is 9.95. The Morgan fingerprint density at radius 1 is 1.20 bits per heavy atom. The van der Waals surface area contributed by atoms with Gasteiger partial charge in [-0.3, -0.25) is 19.3 Å². The lowest BCUT2D eigenvalue weighted by Crippen LogP contribution is -2.34. The maximum Gasteiger partial charge on any atom is 0.304 e. The number of rotatable bonds is 5. The number of benzene rings is 1. The average molecular weight is 296 g/mol. The third-order valence-electron chi connectivity index (χ3n) is 3.32. The molecule has 1 aliphatic rings. The first-order valence-electron chi connectivity index (χ1n) is 6.28. The Labute approximate surface area is 121 Å². The van der Waals surface area contributed by atoms with Crippen LogP contribution >= 0.6 is 11.6 Å². The number of carboxylic acids is 1. The van der Waals surface area contributed by atoms with Crippen molar-refractivity contribution >= 4 is 29.4 Å². The van der Waals surface area contributed by atoms with E-state index in [1.165, 1.54) is 0 Å². The van der Waals surface area contributed by atoms with Gasteiger partial charge in [0.2, 0.25) is 11.8 Å². The Bertz CT molecular complexity index is 525. The standard InChI is InChI=1S/C14H14ClNO4/c15-11-3-1-9(2-4-11)10(7-14(19)20)8-16-12(17)5-6-13(16)18/h1-4,10H,5-8H2,(H,19,20). The van der Waals surface area contributed by atoms with Crippen molar-refractivity contribution in [2.75, 3.05) is 6.54 Å². The van der Waals surface area contributed by atoms with Crippen LogP contribution in [0.4, 0.5) is 0 Å². The Balaban J connectivity index is 2.19. The summed E-state index contributed by atoms with van der Waals surface area (Å²) in [6.45, 7) is 0.103. The SMILES string of the molecule is O=C(O)CC(CN1C(=O)CCC1=O)c1ccc(Cl)cc1. The van der Waals surface area contributed by atoms with Crippen LogP contribution < -0.4 is 0 Å². The van der Waals surface area contributed by atoms with E-state index in [4.69, 9.17) is 16.7 Å². The fraction of sp³-hybridized carbons (Fsp3) is 0.357. The molecular formula is C14H14ClNO4. The molecule has 1 aliphatic heterocycles. The van der Waals surface area contributed by atoms with Gasteiger partial charge < -0.3 is 5.11 Å². The second kappa shape index (κ2) is 6.05. The van der Waals surface area contributed by atoms with Crippen molar-refractivity contribution in [1.82, 2.24) is 4.90 Å². The first-order chi connectivity index (χ1) is 9.47. The topological polar surface area (TPSA) is 74.7 Å². The number of hydrogen-bond donors (Lipinski definition) is 1. The summed E-state index contributed by atoms with van der Waals surface area (Å²) in [7, 11) is 0. The molecule has 6 heteroatoms. The zero-order chi connectivity index (χ0) is 14.7. The highest BCUT2D eigenvalue weighted by atomic mass is 35.5. The van der Waals surface area contributed by atoms with Crippen molar-refractivity contribution in [3.05, 3.63) is 34.9 Å². The molecule has 1 unspecified atom stereocenters. The van der Waals surface area contributed by atoms with Gasteiger partial charge in [0.1, 0.15) is 0 Å². The number of carboxylic acid groups (broad SMARTS) is 1. The van der Waals surface area contributed by atoms with Gasteiger partial charge in [0.25, 0.3) is 0 Å². The summed E-state index contributed by atoms with van der Waals surface area (Å²) in [5.41, 5.74) is 0.754. The van der Waals surface area contributed by atoms with E-state index >= 15 is 0 Å². The maximum atomic E-state index is 11.6. The number of hydrogen-bond acceptors (Lipinski definition) is 3. The Kier molecular flexibility index (Phi) is 4.39. The van der Waals surface area contributed by atoms with E-state index in [0.29, 0.717) is 5.02 Å². The molecule has 0 aromatic heterocycles. The van der Waals surface area contributed by atoms with E-state index in [2.05, 4.69) is 0 Å². The molecule has 2 rings (SSSR count). The minimum atomic E-state index is -0.968. The Morgan fingerprint density at radius 3 is 2.25 bits per heavy atom. The van der Waals surface area contributed by atoms with Gasteiger partial charge in [-0.25, -0.2) is 0 Å².